The highest BCUT2D eigenvalue weighted by Crippen LogP contribution is 2.17. The van der Waals surface area contributed by atoms with Crippen molar-refractivity contribution in [3.8, 4) is 5.75 Å². The number of nitrogens with zero attached hydrogens (tertiary/aromatic N) is 2. The van der Waals surface area contributed by atoms with Gasteiger partial charge in [-0.05, 0) is 37.8 Å². The number of hydrogen-bond donors (Lipinski definition) is 1. The molecule has 1 rings (SSSR count). The summed E-state index contributed by atoms with van der Waals surface area (Å²) in [6.07, 6.45) is 4.96. The summed E-state index contributed by atoms with van der Waals surface area (Å²) in [5, 5.41) is 3.34. The minimum Gasteiger partial charge on any atom is -0.496 e. The van der Waals surface area contributed by atoms with E-state index in [1.54, 1.807) is 7.11 Å². The highest BCUT2D eigenvalue weighted by Gasteiger charge is 2.05. The smallest absolute Gasteiger partial charge is 0.193 e. The fourth-order valence-electron chi connectivity index (χ4n) is 2.24. The van der Waals surface area contributed by atoms with Crippen LogP contribution < -0.4 is 10.1 Å². The van der Waals surface area contributed by atoms with E-state index in [1.165, 1.54) is 5.56 Å². The van der Waals surface area contributed by atoms with E-state index in [0.29, 0.717) is 0 Å². The Morgan fingerprint density at radius 1 is 1.41 bits per heavy atom. The third-order valence-electron chi connectivity index (χ3n) is 3.43. The van der Waals surface area contributed by atoms with Gasteiger partial charge in [-0.2, -0.15) is 0 Å². The molecule has 0 saturated carbocycles. The summed E-state index contributed by atoms with van der Waals surface area (Å²) in [7, 11) is 3.78. The van der Waals surface area contributed by atoms with E-state index < -0.39 is 0 Å². The fourth-order valence-corrected chi connectivity index (χ4v) is 2.24. The molecule has 0 amide bonds. The molecule has 0 heterocycles. The van der Waals surface area contributed by atoms with Crippen LogP contribution in [0, 0.1) is 0 Å². The molecule has 0 aromatic heterocycles. The third kappa shape index (κ3) is 6.20. The van der Waals surface area contributed by atoms with Crippen molar-refractivity contribution in [2.75, 3.05) is 33.8 Å². The number of methoxy groups -OCH3 is 1. The minimum atomic E-state index is 0.745. The molecule has 0 aliphatic heterocycles. The van der Waals surface area contributed by atoms with E-state index >= 15 is 0 Å². The van der Waals surface area contributed by atoms with Crippen LogP contribution in [0.2, 0.25) is 0 Å². The zero-order valence-electron chi connectivity index (χ0n) is 14.1. The number of benzene rings is 1. The van der Waals surface area contributed by atoms with Crippen molar-refractivity contribution in [2.45, 2.75) is 26.2 Å². The first-order valence-corrected chi connectivity index (χ1v) is 7.95. The van der Waals surface area contributed by atoms with Gasteiger partial charge in [-0.25, -0.2) is 0 Å². The Kier molecular flexibility index (Phi) is 8.80. The molecule has 122 valence electrons. The van der Waals surface area contributed by atoms with Gasteiger partial charge in [0.15, 0.2) is 5.96 Å². The average Bonchev–Trinajstić information content (AvgIpc) is 2.54. The van der Waals surface area contributed by atoms with E-state index in [1.807, 2.05) is 24.3 Å². The van der Waals surface area contributed by atoms with E-state index in [2.05, 4.69) is 36.8 Å². The van der Waals surface area contributed by atoms with Crippen LogP contribution >= 0.6 is 0 Å². The SMILES string of the molecule is C=CCCCN(C)C(=NCCc1ccccc1OC)NCC. The van der Waals surface area contributed by atoms with Gasteiger partial charge >= 0.3 is 0 Å². The molecule has 4 heteroatoms. The van der Waals surface area contributed by atoms with Gasteiger partial charge in [-0.3, -0.25) is 4.99 Å². The lowest BCUT2D eigenvalue weighted by atomic mass is 10.1. The second-order valence-corrected chi connectivity index (χ2v) is 5.15. The number of guanidine groups is 1. The zero-order chi connectivity index (χ0) is 16.2. The molecule has 0 bridgehead atoms. The second-order valence-electron chi connectivity index (χ2n) is 5.15. The third-order valence-corrected chi connectivity index (χ3v) is 3.43. The molecule has 0 fully saturated rings. The van der Waals surface area contributed by atoms with Crippen LogP contribution in [0.1, 0.15) is 25.3 Å². The lowest BCUT2D eigenvalue weighted by Crippen LogP contribution is -2.39. The molecular weight excluding hydrogens is 274 g/mol. The predicted molar refractivity (Wildman–Crippen MR) is 94.7 cm³/mol. The largest absolute Gasteiger partial charge is 0.496 e. The summed E-state index contributed by atoms with van der Waals surface area (Å²) < 4.78 is 5.38. The molecule has 0 aliphatic rings. The summed E-state index contributed by atoms with van der Waals surface area (Å²) in [6.45, 7) is 8.45. The van der Waals surface area contributed by atoms with Crippen molar-refractivity contribution < 1.29 is 4.74 Å². The Morgan fingerprint density at radius 2 is 2.18 bits per heavy atom. The Labute approximate surface area is 134 Å². The van der Waals surface area contributed by atoms with Gasteiger partial charge < -0.3 is 15.0 Å². The fraction of sp³-hybridized carbons (Fsp3) is 0.500. The summed E-state index contributed by atoms with van der Waals surface area (Å²) in [6, 6.07) is 8.11. The van der Waals surface area contributed by atoms with Crippen LogP contribution in [0.15, 0.2) is 41.9 Å². The minimum absolute atomic E-state index is 0.745. The van der Waals surface area contributed by atoms with Gasteiger partial charge in [0, 0.05) is 26.7 Å². The molecule has 0 aliphatic carbocycles. The predicted octanol–water partition coefficient (Wildman–Crippen LogP) is 3.10. The molecule has 22 heavy (non-hydrogen) atoms. The van der Waals surface area contributed by atoms with E-state index in [-0.39, 0.29) is 0 Å². The summed E-state index contributed by atoms with van der Waals surface area (Å²) >= 11 is 0. The van der Waals surface area contributed by atoms with Crippen LogP contribution in [-0.2, 0) is 6.42 Å². The highest BCUT2D eigenvalue weighted by atomic mass is 16.5. The van der Waals surface area contributed by atoms with Crippen LogP contribution in [0.4, 0.5) is 0 Å². The van der Waals surface area contributed by atoms with Crippen molar-refractivity contribution >= 4 is 5.96 Å². The zero-order valence-corrected chi connectivity index (χ0v) is 14.1. The molecule has 4 nitrogen and oxygen atoms in total. The van der Waals surface area contributed by atoms with Crippen molar-refractivity contribution in [3.63, 3.8) is 0 Å². The van der Waals surface area contributed by atoms with E-state index in [0.717, 1.165) is 50.6 Å². The van der Waals surface area contributed by atoms with Crippen molar-refractivity contribution in [1.82, 2.24) is 10.2 Å². The Morgan fingerprint density at radius 3 is 2.86 bits per heavy atom. The molecule has 0 saturated heterocycles. The number of ether oxygens (including phenoxy) is 1. The molecule has 0 spiro atoms. The normalized spacial score (nSPS) is 11.1. The summed E-state index contributed by atoms with van der Waals surface area (Å²) in [5.41, 5.74) is 1.19. The lowest BCUT2D eigenvalue weighted by Gasteiger charge is -2.21. The van der Waals surface area contributed by atoms with Crippen molar-refractivity contribution in [2.24, 2.45) is 4.99 Å². The Bertz CT molecular complexity index is 471. The average molecular weight is 303 g/mol. The summed E-state index contributed by atoms with van der Waals surface area (Å²) in [5.74, 6) is 1.89. The number of nitrogens with one attached hydrogen (secondary N) is 1. The maximum atomic E-state index is 5.38. The number of aliphatic imine (C=N–C) groups is 1. The maximum Gasteiger partial charge on any atom is 0.193 e. The number of para-hydroxylation sites is 1. The van der Waals surface area contributed by atoms with Gasteiger partial charge in [-0.1, -0.05) is 24.3 Å². The Hall–Kier alpha value is -1.97. The van der Waals surface area contributed by atoms with Gasteiger partial charge in [0.25, 0.3) is 0 Å². The van der Waals surface area contributed by atoms with Crippen molar-refractivity contribution in [3.05, 3.63) is 42.5 Å². The first-order chi connectivity index (χ1) is 10.7. The van der Waals surface area contributed by atoms with Crippen molar-refractivity contribution in [1.29, 1.82) is 0 Å². The lowest BCUT2D eigenvalue weighted by molar-refractivity contribution is 0.409. The van der Waals surface area contributed by atoms with Crippen LogP contribution in [-0.4, -0.2) is 44.7 Å². The van der Waals surface area contributed by atoms with Gasteiger partial charge in [0.05, 0.1) is 7.11 Å². The van der Waals surface area contributed by atoms with E-state index in [4.69, 9.17) is 9.73 Å². The van der Waals surface area contributed by atoms with Gasteiger partial charge in [-0.15, -0.1) is 6.58 Å². The van der Waals surface area contributed by atoms with Crippen LogP contribution in [0.5, 0.6) is 5.75 Å². The van der Waals surface area contributed by atoms with Crippen LogP contribution in [0.25, 0.3) is 0 Å². The highest BCUT2D eigenvalue weighted by molar-refractivity contribution is 5.79. The first-order valence-electron chi connectivity index (χ1n) is 7.95. The number of allylic oxidation sites excluding steroid dienone is 1. The maximum absolute atomic E-state index is 5.38. The molecule has 0 unspecified atom stereocenters. The Balaban J connectivity index is 2.59. The van der Waals surface area contributed by atoms with E-state index in [9.17, 15) is 0 Å². The molecule has 1 N–H and O–H groups in total. The molecular formula is C18H29N3O. The monoisotopic (exact) mass is 303 g/mol. The number of rotatable bonds is 9. The molecule has 0 radical (unpaired) electrons. The van der Waals surface area contributed by atoms with Crippen LogP contribution in [0.3, 0.4) is 0 Å². The first kappa shape index (κ1) is 18.1. The summed E-state index contributed by atoms with van der Waals surface area (Å²) in [4.78, 5) is 6.89. The van der Waals surface area contributed by atoms with Gasteiger partial charge in [0.2, 0.25) is 0 Å². The standard InChI is InChI=1S/C18H29N3O/c1-5-7-10-15-21(3)18(19-6-2)20-14-13-16-11-8-9-12-17(16)22-4/h5,8-9,11-12H,1,6-7,10,13-15H2,2-4H3,(H,19,20). The quantitative estimate of drug-likeness (QED) is 0.330. The molecule has 1 aromatic carbocycles. The topological polar surface area (TPSA) is 36.9 Å². The molecule has 1 aromatic rings. The number of hydrogen-bond acceptors (Lipinski definition) is 2. The van der Waals surface area contributed by atoms with Gasteiger partial charge in [0.1, 0.15) is 5.75 Å². The second kappa shape index (κ2) is 10.7. The number of unbranched alkanes of at least 4 members (excludes halogenated alkanes) is 1. The molecule has 0 atom stereocenters.